The number of amides is 1. The van der Waals surface area contributed by atoms with E-state index >= 15 is 0 Å². The molecule has 0 saturated heterocycles. The molecule has 0 radical (unpaired) electrons. The number of hydrogen-bond acceptors (Lipinski definition) is 6. The molecule has 2 rings (SSSR count). The lowest BCUT2D eigenvalue weighted by Gasteiger charge is -2.27. The lowest BCUT2D eigenvalue weighted by atomic mass is 10.2. The summed E-state index contributed by atoms with van der Waals surface area (Å²) in [5.41, 5.74) is 0.702. The fraction of sp³-hybridized carbons (Fsp3) is 0.692. The summed E-state index contributed by atoms with van der Waals surface area (Å²) in [5, 5.41) is 3.97. The molecule has 0 N–H and O–H groups in total. The summed E-state index contributed by atoms with van der Waals surface area (Å²) in [4.78, 5) is 26.4. The first kappa shape index (κ1) is 14.9. The fourth-order valence-corrected chi connectivity index (χ4v) is 3.23. The van der Waals surface area contributed by atoms with Crippen LogP contribution in [0.15, 0.2) is 0 Å². The Morgan fingerprint density at radius 2 is 2.10 bits per heavy atom. The molecular formula is C13H19N3O3S. The maximum absolute atomic E-state index is 12.7. The second-order valence-electron chi connectivity index (χ2n) is 4.85. The Morgan fingerprint density at radius 1 is 1.40 bits per heavy atom. The molecule has 1 aromatic rings. The van der Waals surface area contributed by atoms with Gasteiger partial charge in [-0.1, -0.05) is 24.3 Å². The number of aromatic nitrogens is 2. The van der Waals surface area contributed by atoms with Crippen molar-refractivity contribution in [2.24, 2.45) is 0 Å². The van der Waals surface area contributed by atoms with E-state index in [9.17, 15) is 9.59 Å². The third kappa shape index (κ3) is 3.15. The SMILES string of the molecule is CCc1nnsc1C(=O)N(CC(=O)OC)C1CCCC1. The van der Waals surface area contributed by atoms with Gasteiger partial charge in [-0.15, -0.1) is 5.10 Å². The highest BCUT2D eigenvalue weighted by Crippen LogP contribution is 2.26. The van der Waals surface area contributed by atoms with Crippen molar-refractivity contribution in [3.05, 3.63) is 10.6 Å². The predicted molar refractivity (Wildman–Crippen MR) is 74.6 cm³/mol. The highest BCUT2D eigenvalue weighted by Gasteiger charge is 2.31. The van der Waals surface area contributed by atoms with Gasteiger partial charge in [-0.2, -0.15) is 0 Å². The van der Waals surface area contributed by atoms with Gasteiger partial charge in [-0.3, -0.25) is 9.59 Å². The predicted octanol–water partition coefficient (Wildman–Crippen LogP) is 1.66. The van der Waals surface area contributed by atoms with Crippen LogP contribution in [0.25, 0.3) is 0 Å². The quantitative estimate of drug-likeness (QED) is 0.773. The van der Waals surface area contributed by atoms with E-state index in [2.05, 4.69) is 9.59 Å². The smallest absolute Gasteiger partial charge is 0.325 e. The van der Waals surface area contributed by atoms with E-state index in [1.54, 1.807) is 4.90 Å². The number of aryl methyl sites for hydroxylation is 1. The highest BCUT2D eigenvalue weighted by atomic mass is 32.1. The molecule has 7 heteroatoms. The van der Waals surface area contributed by atoms with Gasteiger partial charge in [0.2, 0.25) is 0 Å². The summed E-state index contributed by atoms with van der Waals surface area (Å²) in [6, 6.07) is 0.119. The maximum Gasteiger partial charge on any atom is 0.325 e. The van der Waals surface area contributed by atoms with Crippen LogP contribution in [0.4, 0.5) is 0 Å². The van der Waals surface area contributed by atoms with Gasteiger partial charge in [0.05, 0.1) is 12.8 Å². The number of carbonyl (C=O) groups excluding carboxylic acids is 2. The van der Waals surface area contributed by atoms with Gasteiger partial charge < -0.3 is 9.64 Å². The van der Waals surface area contributed by atoms with E-state index in [1.165, 1.54) is 7.11 Å². The number of methoxy groups -OCH3 is 1. The largest absolute Gasteiger partial charge is 0.468 e. The normalized spacial score (nSPS) is 15.3. The molecule has 1 aliphatic carbocycles. The zero-order valence-corrected chi connectivity index (χ0v) is 12.6. The summed E-state index contributed by atoms with van der Waals surface area (Å²) in [7, 11) is 1.34. The number of esters is 1. The van der Waals surface area contributed by atoms with Gasteiger partial charge in [0, 0.05) is 6.04 Å². The van der Waals surface area contributed by atoms with Gasteiger partial charge in [-0.25, -0.2) is 0 Å². The molecule has 1 amide bonds. The molecule has 0 unspecified atom stereocenters. The summed E-state index contributed by atoms with van der Waals surface area (Å²) >= 11 is 1.10. The van der Waals surface area contributed by atoms with Crippen LogP contribution < -0.4 is 0 Å². The van der Waals surface area contributed by atoms with E-state index in [4.69, 9.17) is 4.74 Å². The molecule has 1 aliphatic rings. The Morgan fingerprint density at radius 3 is 2.70 bits per heavy atom. The molecule has 1 aromatic heterocycles. The molecule has 0 aromatic carbocycles. The van der Waals surface area contributed by atoms with Crippen LogP contribution in [0.2, 0.25) is 0 Å². The van der Waals surface area contributed by atoms with E-state index in [1.807, 2.05) is 6.92 Å². The maximum atomic E-state index is 12.7. The molecule has 20 heavy (non-hydrogen) atoms. The van der Waals surface area contributed by atoms with Crippen LogP contribution in [0, 0.1) is 0 Å². The number of hydrogen-bond donors (Lipinski definition) is 0. The van der Waals surface area contributed by atoms with Crippen molar-refractivity contribution in [1.82, 2.24) is 14.5 Å². The summed E-state index contributed by atoms with van der Waals surface area (Å²) in [6.07, 6.45) is 4.73. The Balaban J connectivity index is 2.20. The van der Waals surface area contributed by atoms with Gasteiger partial charge in [-0.05, 0) is 30.8 Å². The zero-order chi connectivity index (χ0) is 14.5. The van der Waals surface area contributed by atoms with Crippen molar-refractivity contribution >= 4 is 23.4 Å². The standard InChI is InChI=1S/C13H19N3O3S/c1-3-10-12(20-15-14-10)13(18)16(8-11(17)19-2)9-6-4-5-7-9/h9H,3-8H2,1-2H3. The second kappa shape index (κ2) is 6.78. The van der Waals surface area contributed by atoms with Gasteiger partial charge in [0.25, 0.3) is 5.91 Å². The zero-order valence-electron chi connectivity index (χ0n) is 11.8. The van der Waals surface area contributed by atoms with Crippen LogP contribution in [0.3, 0.4) is 0 Å². The third-order valence-electron chi connectivity index (χ3n) is 3.64. The Bertz CT molecular complexity index is 483. The van der Waals surface area contributed by atoms with Crippen LogP contribution in [-0.2, 0) is 16.0 Å². The van der Waals surface area contributed by atoms with E-state index in [0.717, 1.165) is 37.2 Å². The highest BCUT2D eigenvalue weighted by molar-refractivity contribution is 7.08. The van der Waals surface area contributed by atoms with Crippen LogP contribution in [0.1, 0.15) is 48.0 Å². The number of ether oxygens (including phenoxy) is 1. The fourth-order valence-electron chi connectivity index (χ4n) is 2.52. The monoisotopic (exact) mass is 297 g/mol. The molecule has 0 bridgehead atoms. The molecule has 110 valence electrons. The topological polar surface area (TPSA) is 72.4 Å². The molecule has 0 spiro atoms. The molecule has 1 fully saturated rings. The summed E-state index contributed by atoms with van der Waals surface area (Å²) in [6.45, 7) is 1.94. The van der Waals surface area contributed by atoms with Crippen molar-refractivity contribution in [1.29, 1.82) is 0 Å². The first-order chi connectivity index (χ1) is 9.67. The lowest BCUT2D eigenvalue weighted by Crippen LogP contribution is -2.42. The summed E-state index contributed by atoms with van der Waals surface area (Å²) in [5.74, 6) is -0.532. The molecule has 1 heterocycles. The van der Waals surface area contributed by atoms with Gasteiger partial charge in [0.15, 0.2) is 0 Å². The second-order valence-corrected chi connectivity index (χ2v) is 5.60. The Labute approximate surface area is 122 Å². The first-order valence-electron chi connectivity index (χ1n) is 6.86. The lowest BCUT2D eigenvalue weighted by molar-refractivity contribution is -0.141. The molecular weight excluding hydrogens is 278 g/mol. The molecule has 6 nitrogen and oxygen atoms in total. The van der Waals surface area contributed by atoms with Crippen molar-refractivity contribution in [3.8, 4) is 0 Å². The number of carbonyl (C=O) groups is 2. The molecule has 0 aliphatic heterocycles. The van der Waals surface area contributed by atoms with Crippen molar-refractivity contribution in [3.63, 3.8) is 0 Å². The minimum atomic E-state index is -0.388. The van der Waals surface area contributed by atoms with Gasteiger partial charge >= 0.3 is 5.97 Å². The van der Waals surface area contributed by atoms with E-state index in [-0.39, 0.29) is 24.5 Å². The van der Waals surface area contributed by atoms with Crippen molar-refractivity contribution < 1.29 is 14.3 Å². The van der Waals surface area contributed by atoms with Crippen LogP contribution >= 0.6 is 11.5 Å². The Hall–Kier alpha value is -1.50. The minimum absolute atomic E-state index is 0.00105. The molecule has 0 atom stereocenters. The average Bonchev–Trinajstić information content (AvgIpc) is 3.13. The summed E-state index contributed by atoms with van der Waals surface area (Å²) < 4.78 is 8.55. The van der Waals surface area contributed by atoms with Gasteiger partial charge in [0.1, 0.15) is 11.4 Å². The minimum Gasteiger partial charge on any atom is -0.468 e. The number of rotatable bonds is 5. The van der Waals surface area contributed by atoms with E-state index < -0.39 is 0 Å². The first-order valence-corrected chi connectivity index (χ1v) is 7.63. The van der Waals surface area contributed by atoms with Crippen molar-refractivity contribution in [2.75, 3.05) is 13.7 Å². The molecule has 1 saturated carbocycles. The third-order valence-corrected chi connectivity index (χ3v) is 4.39. The average molecular weight is 297 g/mol. The number of nitrogens with zero attached hydrogens (tertiary/aromatic N) is 3. The Kier molecular flexibility index (Phi) is 5.05. The van der Waals surface area contributed by atoms with Crippen molar-refractivity contribution in [2.45, 2.75) is 45.1 Å². The van der Waals surface area contributed by atoms with E-state index in [0.29, 0.717) is 17.0 Å². The van der Waals surface area contributed by atoms with Crippen LogP contribution in [0.5, 0.6) is 0 Å². The van der Waals surface area contributed by atoms with Crippen LogP contribution in [-0.4, -0.2) is 46.1 Å².